The minimum atomic E-state index is 1.30. The fourth-order valence-electron chi connectivity index (χ4n) is 0. The first kappa shape index (κ1) is 4.72. The molecule has 0 rings (SSSR count). The van der Waals surface area contributed by atoms with Crippen LogP contribution in [0.1, 0.15) is 0 Å². The van der Waals surface area contributed by atoms with Crippen LogP contribution in [0.4, 0.5) is 0 Å². The summed E-state index contributed by atoms with van der Waals surface area (Å²) in [6.07, 6.45) is 0. The van der Waals surface area contributed by atoms with Gasteiger partial charge in [-0.25, -0.2) is 0 Å². The average Bonchev–Trinajstić information content (AvgIpc) is 1.37. The topological polar surface area (TPSA) is 24.7 Å². The standard InChI is InChI=1S/As2H4N2/c1-3-4-2/h1-2H2. The minimum absolute atomic E-state index is 1.30. The van der Waals surface area contributed by atoms with Gasteiger partial charge in [-0.3, -0.25) is 0 Å². The normalized spacial score (nSPS) is 9.50. The molecule has 0 aromatic rings. The van der Waals surface area contributed by atoms with Gasteiger partial charge in [-0.05, 0) is 0 Å². The van der Waals surface area contributed by atoms with Crippen LogP contribution in [0.2, 0.25) is 0 Å². The van der Waals surface area contributed by atoms with E-state index in [2.05, 4.69) is 8.06 Å². The van der Waals surface area contributed by atoms with Gasteiger partial charge in [0.1, 0.15) is 0 Å². The van der Waals surface area contributed by atoms with Crippen molar-refractivity contribution in [1.82, 2.24) is 0 Å². The summed E-state index contributed by atoms with van der Waals surface area (Å²) in [6, 6.07) is 0. The Morgan fingerprint density at radius 1 is 1.00 bits per heavy atom. The first-order valence-corrected chi connectivity index (χ1v) is 2.88. The van der Waals surface area contributed by atoms with Gasteiger partial charge in [0, 0.05) is 0 Å². The SMILES string of the molecule is [AsH2]N=N[AsH2]. The summed E-state index contributed by atoms with van der Waals surface area (Å²) in [6.45, 7) is 0. The van der Waals surface area contributed by atoms with E-state index in [4.69, 9.17) is 0 Å². The molecule has 2 atom stereocenters. The fourth-order valence-corrected chi connectivity index (χ4v) is 0. The molecule has 0 aliphatic rings. The molecule has 0 saturated heterocycles. The van der Waals surface area contributed by atoms with Crippen LogP contribution < -0.4 is 0 Å². The number of hydrogen-bond acceptors (Lipinski definition) is 2. The van der Waals surface area contributed by atoms with Crippen molar-refractivity contribution in [2.24, 2.45) is 8.06 Å². The second-order valence-corrected chi connectivity index (χ2v) is 1.20. The fraction of sp³-hybridized carbons (Fsp3) is 0. The Bertz CT molecular complexity index is 19.2. The van der Waals surface area contributed by atoms with E-state index in [1.807, 2.05) is 0 Å². The Balaban J connectivity index is 2.55. The van der Waals surface area contributed by atoms with E-state index in [1.165, 1.54) is 34.2 Å². The molecule has 4 heteroatoms. The Morgan fingerprint density at radius 2 is 1.25 bits per heavy atom. The van der Waals surface area contributed by atoms with Crippen molar-refractivity contribution < 1.29 is 0 Å². The van der Waals surface area contributed by atoms with Crippen LogP contribution in [0.15, 0.2) is 8.06 Å². The second kappa shape index (κ2) is 3.72. The molecule has 0 aliphatic heterocycles. The van der Waals surface area contributed by atoms with Crippen LogP contribution in [0.5, 0.6) is 0 Å². The molecule has 0 bridgehead atoms. The Labute approximate surface area is 42.5 Å². The van der Waals surface area contributed by atoms with E-state index in [9.17, 15) is 0 Å². The van der Waals surface area contributed by atoms with Gasteiger partial charge in [0.05, 0.1) is 0 Å². The van der Waals surface area contributed by atoms with Gasteiger partial charge in [-0.15, -0.1) is 0 Å². The van der Waals surface area contributed by atoms with E-state index < -0.39 is 0 Å². The molecule has 0 amide bonds. The number of hydrogen-bond donors (Lipinski definition) is 0. The van der Waals surface area contributed by atoms with Crippen molar-refractivity contribution in [2.45, 2.75) is 0 Å². The molecule has 0 heterocycles. The van der Waals surface area contributed by atoms with Crippen molar-refractivity contribution in [3.8, 4) is 0 Å². The van der Waals surface area contributed by atoms with Crippen LogP contribution in [0, 0.1) is 0 Å². The third kappa shape index (κ3) is 2.72. The second-order valence-electron chi connectivity index (χ2n) is 0.231. The zero-order valence-electron chi connectivity index (χ0n) is 2.05. The van der Waals surface area contributed by atoms with Crippen molar-refractivity contribution in [3.63, 3.8) is 0 Å². The Kier molecular flexibility index (Phi) is 4.38. The summed E-state index contributed by atoms with van der Waals surface area (Å²) in [5.41, 5.74) is 0. The van der Waals surface area contributed by atoms with Crippen LogP contribution in [0.25, 0.3) is 0 Å². The van der Waals surface area contributed by atoms with Gasteiger partial charge in [0.15, 0.2) is 0 Å². The molecule has 0 radical (unpaired) electrons. The summed E-state index contributed by atoms with van der Waals surface area (Å²) in [5.74, 6) is 0. The van der Waals surface area contributed by atoms with E-state index in [0.717, 1.165) is 0 Å². The van der Waals surface area contributed by atoms with Gasteiger partial charge in [0.2, 0.25) is 0 Å². The van der Waals surface area contributed by atoms with E-state index in [-0.39, 0.29) is 0 Å². The molecule has 0 N–H and O–H groups in total. The van der Waals surface area contributed by atoms with Gasteiger partial charge >= 0.3 is 42.2 Å². The summed E-state index contributed by atoms with van der Waals surface area (Å²) >= 11 is 2.60. The molecule has 24 valence electrons. The maximum absolute atomic E-state index is 3.45. The van der Waals surface area contributed by atoms with Crippen LogP contribution in [-0.2, 0) is 0 Å². The Hall–Kier alpha value is 0.717. The average molecular weight is 182 g/mol. The van der Waals surface area contributed by atoms with E-state index in [0.29, 0.717) is 0 Å². The van der Waals surface area contributed by atoms with Crippen LogP contribution in [-0.4, -0.2) is 34.2 Å². The maximum atomic E-state index is 3.45. The molecule has 4 heavy (non-hydrogen) atoms. The summed E-state index contributed by atoms with van der Waals surface area (Å²) < 4.78 is 6.90. The molecule has 0 saturated carbocycles. The zero-order valence-corrected chi connectivity index (χ0v) is 6.89. The van der Waals surface area contributed by atoms with E-state index in [1.54, 1.807) is 0 Å². The molecule has 2 unspecified atom stereocenters. The molecule has 0 spiro atoms. The molecular weight excluding hydrogens is 178 g/mol. The first-order valence-electron chi connectivity index (χ1n) is 0.716. The predicted molar refractivity (Wildman–Crippen MR) is 21.9 cm³/mol. The van der Waals surface area contributed by atoms with Crippen molar-refractivity contribution >= 4 is 34.2 Å². The monoisotopic (exact) mass is 182 g/mol. The number of nitrogens with zero attached hydrogens (tertiary/aromatic N) is 2. The quantitative estimate of drug-likeness (QED) is 0.323. The molecule has 0 fully saturated rings. The molecule has 0 aliphatic carbocycles. The Morgan fingerprint density at radius 3 is 1.25 bits per heavy atom. The predicted octanol–water partition coefficient (Wildman–Crippen LogP) is -1.47. The number of rotatable bonds is 0. The molecule has 0 aromatic carbocycles. The van der Waals surface area contributed by atoms with E-state index >= 15 is 0 Å². The van der Waals surface area contributed by atoms with Gasteiger partial charge in [-0.1, -0.05) is 0 Å². The summed E-state index contributed by atoms with van der Waals surface area (Å²) in [4.78, 5) is 0. The zero-order chi connectivity index (χ0) is 3.41. The van der Waals surface area contributed by atoms with Crippen molar-refractivity contribution in [3.05, 3.63) is 0 Å². The van der Waals surface area contributed by atoms with Crippen LogP contribution >= 0.6 is 0 Å². The van der Waals surface area contributed by atoms with Crippen LogP contribution in [0.3, 0.4) is 0 Å². The van der Waals surface area contributed by atoms with Gasteiger partial charge in [0.25, 0.3) is 0 Å². The van der Waals surface area contributed by atoms with Crippen molar-refractivity contribution in [2.75, 3.05) is 0 Å². The summed E-state index contributed by atoms with van der Waals surface area (Å²) in [7, 11) is 0. The third-order valence-corrected chi connectivity index (χ3v) is 1.80. The van der Waals surface area contributed by atoms with Crippen molar-refractivity contribution in [1.29, 1.82) is 0 Å². The first-order chi connectivity index (χ1) is 1.91. The third-order valence-electron chi connectivity index (χ3n) is 0.0667. The molecular formula is H4As2N2. The molecule has 2 nitrogen and oxygen atoms in total. The molecule has 0 aromatic heterocycles. The summed E-state index contributed by atoms with van der Waals surface area (Å²) in [5, 5.41) is 0. The van der Waals surface area contributed by atoms with Gasteiger partial charge in [-0.2, -0.15) is 0 Å². The van der Waals surface area contributed by atoms with Gasteiger partial charge < -0.3 is 0 Å².